The monoisotopic (exact) mass is 347 g/mol. The minimum atomic E-state index is -0.427. The van der Waals surface area contributed by atoms with Crippen molar-refractivity contribution in [1.82, 2.24) is 23.6 Å². The van der Waals surface area contributed by atoms with Crippen LogP contribution in [0.5, 0.6) is 0 Å². The Morgan fingerprint density at radius 1 is 1.20 bits per heavy atom. The molecule has 0 bridgehead atoms. The number of hydrogen-bond acceptors (Lipinski definition) is 4. The number of carbonyl (C=O) groups excluding carboxylic acids is 1. The molecule has 0 aromatic carbocycles. The summed E-state index contributed by atoms with van der Waals surface area (Å²) in [7, 11) is 3.01. The first-order chi connectivity index (χ1) is 12.0. The maximum Gasteiger partial charge on any atom is 0.332 e. The van der Waals surface area contributed by atoms with Gasteiger partial charge in [-0.2, -0.15) is 0 Å². The zero-order valence-electron chi connectivity index (χ0n) is 15.1. The number of imidazole rings is 1. The van der Waals surface area contributed by atoms with Gasteiger partial charge in [-0.05, 0) is 19.8 Å². The first kappa shape index (κ1) is 17.4. The predicted octanol–water partition coefficient (Wildman–Crippen LogP) is 0.615. The first-order valence-electron chi connectivity index (χ1n) is 8.86. The van der Waals surface area contributed by atoms with E-state index >= 15 is 0 Å². The molecule has 3 rings (SSSR count). The van der Waals surface area contributed by atoms with E-state index in [-0.39, 0.29) is 24.0 Å². The molecule has 8 heteroatoms. The zero-order valence-corrected chi connectivity index (χ0v) is 15.1. The number of aryl methyl sites for hydroxylation is 1. The molecular formula is C17H25N5O3. The van der Waals surface area contributed by atoms with Gasteiger partial charge in [0.05, 0.1) is 6.33 Å². The van der Waals surface area contributed by atoms with Crippen LogP contribution in [-0.4, -0.2) is 42.1 Å². The van der Waals surface area contributed by atoms with Crippen molar-refractivity contribution in [3.8, 4) is 0 Å². The van der Waals surface area contributed by atoms with Crippen LogP contribution in [0.1, 0.15) is 39.0 Å². The smallest absolute Gasteiger partial charge is 0.332 e. The summed E-state index contributed by atoms with van der Waals surface area (Å²) >= 11 is 0. The lowest BCUT2D eigenvalue weighted by Gasteiger charge is -2.33. The number of fused-ring (bicyclic) bond motifs is 1. The number of hydrogen-bond donors (Lipinski definition) is 0. The molecule has 25 heavy (non-hydrogen) atoms. The number of amides is 1. The molecule has 8 nitrogen and oxygen atoms in total. The minimum absolute atomic E-state index is 0.00962. The van der Waals surface area contributed by atoms with Gasteiger partial charge >= 0.3 is 5.69 Å². The van der Waals surface area contributed by atoms with Crippen LogP contribution in [0.2, 0.25) is 0 Å². The third-order valence-electron chi connectivity index (χ3n) is 5.20. The molecule has 0 saturated heterocycles. The summed E-state index contributed by atoms with van der Waals surface area (Å²) in [6, 6.07) is 0.285. The van der Waals surface area contributed by atoms with E-state index in [1.807, 2.05) is 11.8 Å². The Morgan fingerprint density at radius 2 is 1.88 bits per heavy atom. The summed E-state index contributed by atoms with van der Waals surface area (Å²) in [6.45, 7) is 2.71. The summed E-state index contributed by atoms with van der Waals surface area (Å²) in [5.74, 6) is -0.00962. The number of nitrogens with zero attached hydrogens (tertiary/aromatic N) is 5. The van der Waals surface area contributed by atoms with Crippen molar-refractivity contribution in [3.05, 3.63) is 27.2 Å². The third-order valence-corrected chi connectivity index (χ3v) is 5.20. The number of carbonyl (C=O) groups is 1. The molecule has 1 aliphatic rings. The highest BCUT2D eigenvalue weighted by molar-refractivity contribution is 5.79. The topological polar surface area (TPSA) is 82.1 Å². The van der Waals surface area contributed by atoms with E-state index in [9.17, 15) is 14.4 Å². The molecule has 0 unspecified atom stereocenters. The van der Waals surface area contributed by atoms with Gasteiger partial charge < -0.3 is 9.47 Å². The molecule has 2 aromatic heterocycles. The number of likely N-dealkylation sites (N-methyl/N-ethyl adjacent to an activating group) is 1. The highest BCUT2D eigenvalue weighted by Crippen LogP contribution is 2.23. The van der Waals surface area contributed by atoms with Gasteiger partial charge in [-0.1, -0.05) is 19.3 Å². The molecule has 1 amide bonds. The molecule has 1 saturated carbocycles. The molecule has 0 radical (unpaired) electrons. The molecule has 0 spiro atoms. The van der Waals surface area contributed by atoms with Crippen LogP contribution in [0.15, 0.2) is 15.9 Å². The van der Waals surface area contributed by atoms with Crippen molar-refractivity contribution in [2.24, 2.45) is 14.1 Å². The van der Waals surface area contributed by atoms with Crippen LogP contribution in [0.25, 0.3) is 11.2 Å². The molecule has 0 aliphatic heterocycles. The third kappa shape index (κ3) is 3.01. The van der Waals surface area contributed by atoms with E-state index in [2.05, 4.69) is 4.98 Å². The Balaban J connectivity index is 1.93. The van der Waals surface area contributed by atoms with Crippen LogP contribution in [-0.2, 0) is 25.4 Å². The van der Waals surface area contributed by atoms with Gasteiger partial charge in [0.25, 0.3) is 5.56 Å². The predicted molar refractivity (Wildman–Crippen MR) is 94.5 cm³/mol. The van der Waals surface area contributed by atoms with Crippen LogP contribution in [0, 0.1) is 0 Å². The van der Waals surface area contributed by atoms with Crippen LogP contribution in [0.3, 0.4) is 0 Å². The molecule has 1 aliphatic carbocycles. The summed E-state index contributed by atoms with van der Waals surface area (Å²) in [6.07, 6.45) is 7.11. The lowest BCUT2D eigenvalue weighted by Crippen LogP contribution is -2.43. The largest absolute Gasteiger partial charge is 0.338 e. The number of aromatic nitrogens is 4. The van der Waals surface area contributed by atoms with Crippen LogP contribution >= 0.6 is 0 Å². The van der Waals surface area contributed by atoms with Gasteiger partial charge in [-0.25, -0.2) is 9.78 Å². The van der Waals surface area contributed by atoms with Crippen molar-refractivity contribution in [2.75, 3.05) is 6.54 Å². The second-order valence-corrected chi connectivity index (χ2v) is 6.72. The molecule has 2 aromatic rings. The van der Waals surface area contributed by atoms with Crippen molar-refractivity contribution in [3.63, 3.8) is 0 Å². The Labute approximate surface area is 145 Å². The van der Waals surface area contributed by atoms with Crippen molar-refractivity contribution in [1.29, 1.82) is 0 Å². The normalized spacial score (nSPS) is 15.6. The van der Waals surface area contributed by atoms with Crippen LogP contribution in [0.4, 0.5) is 0 Å². The Hall–Kier alpha value is -2.38. The summed E-state index contributed by atoms with van der Waals surface area (Å²) in [4.78, 5) is 43.4. The van der Waals surface area contributed by atoms with Gasteiger partial charge in [-0.3, -0.25) is 18.7 Å². The van der Waals surface area contributed by atoms with E-state index in [4.69, 9.17) is 0 Å². The van der Waals surface area contributed by atoms with Crippen LogP contribution < -0.4 is 11.2 Å². The Morgan fingerprint density at radius 3 is 2.52 bits per heavy atom. The zero-order chi connectivity index (χ0) is 18.1. The van der Waals surface area contributed by atoms with E-state index in [1.165, 1.54) is 24.4 Å². The van der Waals surface area contributed by atoms with E-state index in [1.54, 1.807) is 11.6 Å². The van der Waals surface area contributed by atoms with Gasteiger partial charge in [0.1, 0.15) is 6.54 Å². The molecule has 0 atom stereocenters. The van der Waals surface area contributed by atoms with Crippen molar-refractivity contribution in [2.45, 2.75) is 51.6 Å². The van der Waals surface area contributed by atoms with Gasteiger partial charge in [0.15, 0.2) is 11.2 Å². The maximum atomic E-state index is 12.8. The fraction of sp³-hybridized carbons (Fsp3) is 0.647. The van der Waals surface area contributed by atoms with E-state index in [0.29, 0.717) is 12.2 Å². The van der Waals surface area contributed by atoms with E-state index in [0.717, 1.165) is 30.3 Å². The summed E-state index contributed by atoms with van der Waals surface area (Å²) in [5.41, 5.74) is -0.255. The molecule has 2 heterocycles. The fourth-order valence-electron chi connectivity index (χ4n) is 3.78. The first-order valence-corrected chi connectivity index (χ1v) is 8.86. The van der Waals surface area contributed by atoms with Crippen molar-refractivity contribution >= 4 is 17.1 Å². The van der Waals surface area contributed by atoms with Gasteiger partial charge in [0, 0.05) is 26.7 Å². The second kappa shape index (κ2) is 6.85. The fourth-order valence-corrected chi connectivity index (χ4v) is 3.78. The Bertz CT molecular complexity index is 901. The van der Waals surface area contributed by atoms with E-state index < -0.39 is 11.2 Å². The molecule has 0 N–H and O–H groups in total. The highest BCUT2D eigenvalue weighted by Gasteiger charge is 2.25. The minimum Gasteiger partial charge on any atom is -0.338 e. The van der Waals surface area contributed by atoms with Gasteiger partial charge in [-0.15, -0.1) is 0 Å². The molecular weight excluding hydrogens is 322 g/mol. The second-order valence-electron chi connectivity index (χ2n) is 6.72. The van der Waals surface area contributed by atoms with Gasteiger partial charge in [0.2, 0.25) is 5.91 Å². The Kier molecular flexibility index (Phi) is 4.78. The average Bonchev–Trinajstić information content (AvgIpc) is 3.03. The summed E-state index contributed by atoms with van der Waals surface area (Å²) < 4.78 is 3.94. The summed E-state index contributed by atoms with van der Waals surface area (Å²) in [5, 5.41) is 0. The number of rotatable bonds is 4. The standard InChI is InChI=1S/C17H25N5O3/c1-4-22(12-8-6-5-7-9-12)13(23)10-21-11-18-15-14(21)16(24)20(3)17(25)19(15)2/h11-12H,4-10H2,1-3H3. The highest BCUT2D eigenvalue weighted by atomic mass is 16.2. The average molecular weight is 347 g/mol. The molecule has 1 fully saturated rings. The maximum absolute atomic E-state index is 12.8. The lowest BCUT2D eigenvalue weighted by atomic mass is 9.94. The van der Waals surface area contributed by atoms with Crippen molar-refractivity contribution < 1.29 is 4.79 Å². The molecule has 136 valence electrons. The lowest BCUT2D eigenvalue weighted by molar-refractivity contribution is -0.134. The SMILES string of the molecule is CCN(C(=O)Cn1cnc2c1c(=O)n(C)c(=O)n2C)C1CCCCC1. The quantitative estimate of drug-likeness (QED) is 0.812.